The molecule has 0 fully saturated rings. The minimum absolute atomic E-state index is 0.0977. The highest BCUT2D eigenvalue weighted by atomic mass is 32.2. The monoisotopic (exact) mass is 546 g/mol. The van der Waals surface area contributed by atoms with Crippen molar-refractivity contribution in [1.82, 2.24) is 24.1 Å². The number of sulfonamides is 1. The lowest BCUT2D eigenvalue weighted by Crippen LogP contribution is -2.29. The Morgan fingerprint density at radius 2 is 1.82 bits per heavy atom. The van der Waals surface area contributed by atoms with E-state index in [0.717, 1.165) is 11.8 Å². The van der Waals surface area contributed by atoms with Gasteiger partial charge in [-0.1, -0.05) is 18.2 Å². The third kappa shape index (κ3) is 5.11. The van der Waals surface area contributed by atoms with Gasteiger partial charge >= 0.3 is 0 Å². The van der Waals surface area contributed by atoms with Gasteiger partial charge in [0.2, 0.25) is 10.0 Å². The standard InChI is InChI=1S/C26H26N8O4S/c1-15-9-10-33-22(15)26(36)34(19-7-5-4-6-8-19)25(31-33)16(2)30-24-21(23(27)28-14-29-24)17-11-18(13-20(35)12-17)32-39(3,37)38/h4-14,16,32,35H,1-3H3,(H3,27,28,29,30). The molecule has 5 N–H and O–H groups in total. The van der Waals surface area contributed by atoms with Crippen molar-refractivity contribution in [1.29, 1.82) is 0 Å². The van der Waals surface area contributed by atoms with Crippen molar-refractivity contribution in [2.24, 2.45) is 0 Å². The molecule has 0 saturated carbocycles. The van der Waals surface area contributed by atoms with Crippen molar-refractivity contribution in [3.63, 3.8) is 0 Å². The number of aromatic hydroxyl groups is 1. The third-order valence-corrected chi connectivity index (χ3v) is 6.66. The Balaban J connectivity index is 1.63. The van der Waals surface area contributed by atoms with Crippen LogP contribution in [0, 0.1) is 6.92 Å². The van der Waals surface area contributed by atoms with Crippen LogP contribution in [-0.4, -0.2) is 43.9 Å². The van der Waals surface area contributed by atoms with E-state index in [2.05, 4.69) is 20.0 Å². The number of aromatic nitrogens is 5. The quantitative estimate of drug-likeness (QED) is 0.240. The molecular weight excluding hydrogens is 520 g/mol. The summed E-state index contributed by atoms with van der Waals surface area (Å²) in [5.74, 6) is 0.616. The smallest absolute Gasteiger partial charge is 0.282 e. The van der Waals surface area contributed by atoms with E-state index in [1.165, 1.54) is 24.5 Å². The average Bonchev–Trinajstić information content (AvgIpc) is 3.24. The number of phenolic OH excluding ortho intramolecular Hbond substituents is 1. The molecular formula is C26H26N8O4S. The Labute approximate surface area is 223 Å². The molecule has 39 heavy (non-hydrogen) atoms. The summed E-state index contributed by atoms with van der Waals surface area (Å²) >= 11 is 0. The minimum atomic E-state index is -3.60. The first kappa shape index (κ1) is 25.7. The first-order valence-corrected chi connectivity index (χ1v) is 13.8. The number of nitrogens with zero attached hydrogens (tertiary/aromatic N) is 5. The van der Waals surface area contributed by atoms with Crippen LogP contribution in [0.2, 0.25) is 0 Å². The molecule has 200 valence electrons. The van der Waals surface area contributed by atoms with Crippen LogP contribution in [0.5, 0.6) is 5.75 Å². The van der Waals surface area contributed by atoms with Crippen molar-refractivity contribution in [2.45, 2.75) is 19.9 Å². The van der Waals surface area contributed by atoms with Crippen molar-refractivity contribution in [2.75, 3.05) is 22.0 Å². The van der Waals surface area contributed by atoms with Gasteiger partial charge < -0.3 is 16.2 Å². The molecule has 0 radical (unpaired) electrons. The van der Waals surface area contributed by atoms with Crippen molar-refractivity contribution >= 4 is 32.9 Å². The molecule has 0 aliphatic heterocycles. The van der Waals surface area contributed by atoms with Crippen LogP contribution in [0.25, 0.3) is 22.3 Å². The van der Waals surface area contributed by atoms with E-state index in [9.17, 15) is 18.3 Å². The molecule has 13 heteroatoms. The van der Waals surface area contributed by atoms with Crippen LogP contribution in [0.15, 0.2) is 71.9 Å². The Kier molecular flexibility index (Phi) is 6.44. The van der Waals surface area contributed by atoms with E-state index in [1.54, 1.807) is 15.3 Å². The molecule has 2 aromatic carbocycles. The molecule has 3 aromatic heterocycles. The van der Waals surface area contributed by atoms with E-state index in [0.29, 0.717) is 34.0 Å². The number of nitrogen functional groups attached to an aromatic ring is 1. The van der Waals surface area contributed by atoms with E-state index < -0.39 is 16.1 Å². The maximum absolute atomic E-state index is 13.7. The lowest BCUT2D eigenvalue weighted by atomic mass is 10.1. The predicted octanol–water partition coefficient (Wildman–Crippen LogP) is 3.08. The van der Waals surface area contributed by atoms with Gasteiger partial charge in [0.15, 0.2) is 5.82 Å². The second kappa shape index (κ2) is 9.76. The summed E-state index contributed by atoms with van der Waals surface area (Å²) < 4.78 is 29.0. The first-order valence-electron chi connectivity index (χ1n) is 11.9. The van der Waals surface area contributed by atoms with Gasteiger partial charge in [-0.05, 0) is 55.3 Å². The van der Waals surface area contributed by atoms with Crippen LogP contribution in [0.4, 0.5) is 17.3 Å². The number of benzene rings is 2. The Hall–Kier alpha value is -4.91. The van der Waals surface area contributed by atoms with Gasteiger partial charge in [-0.15, -0.1) is 0 Å². The van der Waals surface area contributed by atoms with Gasteiger partial charge in [0.05, 0.1) is 29.2 Å². The second-order valence-corrected chi connectivity index (χ2v) is 10.9. The molecule has 0 saturated heterocycles. The number of fused-ring (bicyclic) bond motifs is 1. The SMILES string of the molecule is Cc1ccn2nc(C(C)Nc3ncnc(N)c3-c3cc(O)cc(NS(C)(=O)=O)c3)n(-c3ccccc3)c(=O)c12. The summed E-state index contributed by atoms with van der Waals surface area (Å²) in [4.78, 5) is 22.1. The van der Waals surface area contributed by atoms with E-state index >= 15 is 0 Å². The minimum Gasteiger partial charge on any atom is -0.508 e. The summed E-state index contributed by atoms with van der Waals surface area (Å²) in [6.45, 7) is 3.68. The highest BCUT2D eigenvalue weighted by molar-refractivity contribution is 7.92. The van der Waals surface area contributed by atoms with Crippen molar-refractivity contribution in [3.8, 4) is 22.6 Å². The maximum Gasteiger partial charge on any atom is 0.282 e. The Morgan fingerprint density at radius 3 is 2.54 bits per heavy atom. The number of hydrogen-bond acceptors (Lipinski definition) is 9. The zero-order valence-corrected chi connectivity index (χ0v) is 22.1. The maximum atomic E-state index is 13.7. The molecule has 1 unspecified atom stereocenters. The highest BCUT2D eigenvalue weighted by Crippen LogP contribution is 2.36. The van der Waals surface area contributed by atoms with Crippen LogP contribution in [0.3, 0.4) is 0 Å². The highest BCUT2D eigenvalue weighted by Gasteiger charge is 2.22. The first-order chi connectivity index (χ1) is 18.5. The Bertz CT molecular complexity index is 1870. The molecule has 5 aromatic rings. The lowest BCUT2D eigenvalue weighted by molar-refractivity contribution is 0.476. The number of anilines is 3. The van der Waals surface area contributed by atoms with Gasteiger partial charge in [0, 0.05) is 12.3 Å². The third-order valence-electron chi connectivity index (χ3n) is 6.05. The number of hydrogen-bond donors (Lipinski definition) is 4. The molecule has 1 atom stereocenters. The van der Waals surface area contributed by atoms with Crippen molar-refractivity contribution in [3.05, 3.63) is 88.9 Å². The van der Waals surface area contributed by atoms with Crippen LogP contribution >= 0.6 is 0 Å². The number of rotatable bonds is 7. The number of phenols is 1. The fourth-order valence-corrected chi connectivity index (χ4v) is 4.98. The number of nitrogens with one attached hydrogen (secondary N) is 2. The molecule has 0 bridgehead atoms. The van der Waals surface area contributed by atoms with E-state index in [-0.39, 0.29) is 22.8 Å². The van der Waals surface area contributed by atoms with Gasteiger partial charge in [-0.25, -0.2) is 22.9 Å². The van der Waals surface area contributed by atoms with Gasteiger partial charge in [-0.2, -0.15) is 5.10 Å². The molecule has 0 aliphatic rings. The summed E-state index contributed by atoms with van der Waals surface area (Å²) in [6, 6.07) is 14.7. The van der Waals surface area contributed by atoms with Gasteiger partial charge in [0.25, 0.3) is 5.56 Å². The average molecular weight is 547 g/mol. The fraction of sp³-hybridized carbons (Fsp3) is 0.154. The normalized spacial score (nSPS) is 12.4. The molecule has 12 nitrogen and oxygen atoms in total. The van der Waals surface area contributed by atoms with Gasteiger partial charge in [0.1, 0.15) is 29.2 Å². The fourth-order valence-electron chi connectivity index (χ4n) is 4.43. The van der Waals surface area contributed by atoms with Crippen molar-refractivity contribution < 1.29 is 13.5 Å². The summed E-state index contributed by atoms with van der Waals surface area (Å²) in [5.41, 5.74) is 8.77. The van der Waals surface area contributed by atoms with Gasteiger partial charge in [-0.3, -0.25) is 14.1 Å². The summed E-state index contributed by atoms with van der Waals surface area (Å²) in [7, 11) is -3.60. The number of nitrogens with two attached hydrogens (primary N) is 1. The molecule has 0 spiro atoms. The Morgan fingerprint density at radius 1 is 1.08 bits per heavy atom. The van der Waals surface area contributed by atoms with E-state index in [1.807, 2.05) is 50.2 Å². The number of aryl methyl sites for hydroxylation is 1. The summed E-state index contributed by atoms with van der Waals surface area (Å²) in [6.07, 6.45) is 4.02. The van der Waals surface area contributed by atoms with E-state index in [4.69, 9.17) is 10.8 Å². The molecule has 3 heterocycles. The predicted molar refractivity (Wildman–Crippen MR) is 150 cm³/mol. The van der Waals surface area contributed by atoms with Crippen LogP contribution in [0.1, 0.15) is 24.4 Å². The molecule has 0 amide bonds. The number of para-hydroxylation sites is 1. The largest absolute Gasteiger partial charge is 0.508 e. The topological polar surface area (TPSA) is 170 Å². The zero-order chi connectivity index (χ0) is 27.9. The summed E-state index contributed by atoms with van der Waals surface area (Å²) in [5, 5.41) is 18.3. The molecule has 5 rings (SSSR count). The zero-order valence-electron chi connectivity index (χ0n) is 21.3. The second-order valence-electron chi connectivity index (χ2n) is 9.12. The lowest BCUT2D eigenvalue weighted by Gasteiger charge is -2.21. The molecule has 0 aliphatic carbocycles. The van der Waals surface area contributed by atoms with Crippen LogP contribution in [-0.2, 0) is 10.0 Å². The van der Waals surface area contributed by atoms with Crippen LogP contribution < -0.4 is 21.3 Å².